The van der Waals surface area contributed by atoms with Crippen molar-refractivity contribution in [1.29, 1.82) is 0 Å². The van der Waals surface area contributed by atoms with Crippen molar-refractivity contribution in [2.75, 3.05) is 18.1 Å². The number of aryl methyl sites for hydroxylation is 1. The van der Waals surface area contributed by atoms with Crippen LogP contribution in [0, 0.1) is 18.6 Å². The zero-order valence-electron chi connectivity index (χ0n) is 18.3. The molecule has 5 rings (SSSR count). The minimum atomic E-state index is -2.57. The number of nitrogens with zero attached hydrogens (tertiary/aromatic N) is 4. The lowest BCUT2D eigenvalue weighted by Gasteiger charge is -2.25. The molecule has 2 aromatic heterocycles. The lowest BCUT2D eigenvalue weighted by atomic mass is 10.0. The van der Waals surface area contributed by atoms with Crippen molar-refractivity contribution in [2.24, 2.45) is 0 Å². The fraction of sp³-hybridized carbons (Fsp3) is 0.280. The molecule has 34 heavy (non-hydrogen) atoms. The van der Waals surface area contributed by atoms with Crippen molar-refractivity contribution >= 4 is 11.5 Å². The summed E-state index contributed by atoms with van der Waals surface area (Å²) in [5.41, 5.74) is 3.22. The Balaban J connectivity index is 1.75. The van der Waals surface area contributed by atoms with Crippen LogP contribution in [0.15, 0.2) is 48.5 Å². The van der Waals surface area contributed by atoms with Gasteiger partial charge in [0.2, 0.25) is 0 Å². The molecule has 0 radical (unpaired) electrons. The second-order valence-corrected chi connectivity index (χ2v) is 8.42. The second-order valence-electron chi connectivity index (χ2n) is 8.42. The van der Waals surface area contributed by atoms with Crippen molar-refractivity contribution in [3.8, 4) is 22.4 Å². The summed E-state index contributed by atoms with van der Waals surface area (Å²) in [4.78, 5) is 6.83. The van der Waals surface area contributed by atoms with Gasteiger partial charge in [-0.1, -0.05) is 24.3 Å². The molecule has 2 aromatic carbocycles. The standard InChI is InChI=1S/C25H22F4N4O/c1-14-23(15-4-6-16(7-5-15)24(28)29)25-30-22(32-10-2-3-18(32)13-34)12-21(33(25)31-14)17-8-9-19(26)20(27)11-17/h4-9,11-12,18,24,34H,2-3,10,13H2,1H3/t18-/m0/s1. The number of aliphatic hydroxyl groups excluding tert-OH is 1. The highest BCUT2D eigenvalue weighted by Gasteiger charge is 2.27. The van der Waals surface area contributed by atoms with Gasteiger partial charge in [-0.15, -0.1) is 0 Å². The molecule has 1 atom stereocenters. The Kier molecular flexibility index (Phi) is 5.73. The molecule has 176 valence electrons. The Morgan fingerprint density at radius 1 is 1.03 bits per heavy atom. The van der Waals surface area contributed by atoms with E-state index in [9.17, 15) is 22.7 Å². The summed E-state index contributed by atoms with van der Waals surface area (Å²) in [6.45, 7) is 2.44. The number of anilines is 1. The normalized spacial score (nSPS) is 16.2. The maximum atomic E-state index is 14.1. The van der Waals surface area contributed by atoms with E-state index in [1.54, 1.807) is 29.6 Å². The van der Waals surface area contributed by atoms with Crippen LogP contribution in [0.25, 0.3) is 28.0 Å². The highest BCUT2D eigenvalue weighted by Crippen LogP contribution is 2.35. The second kappa shape index (κ2) is 8.72. The van der Waals surface area contributed by atoms with Gasteiger partial charge < -0.3 is 10.0 Å². The van der Waals surface area contributed by atoms with Crippen LogP contribution in [0.5, 0.6) is 0 Å². The van der Waals surface area contributed by atoms with Crippen LogP contribution in [-0.4, -0.2) is 38.9 Å². The monoisotopic (exact) mass is 470 g/mol. The summed E-state index contributed by atoms with van der Waals surface area (Å²) < 4.78 is 55.4. The first-order valence-electron chi connectivity index (χ1n) is 11.0. The first kappa shape index (κ1) is 22.3. The van der Waals surface area contributed by atoms with Crippen molar-refractivity contribution in [1.82, 2.24) is 14.6 Å². The zero-order chi connectivity index (χ0) is 24.0. The van der Waals surface area contributed by atoms with Crippen LogP contribution in [0.2, 0.25) is 0 Å². The van der Waals surface area contributed by atoms with Gasteiger partial charge in [-0.05, 0) is 43.5 Å². The maximum absolute atomic E-state index is 14.1. The van der Waals surface area contributed by atoms with Gasteiger partial charge in [0, 0.05) is 29.3 Å². The smallest absolute Gasteiger partial charge is 0.263 e. The molecule has 3 heterocycles. The number of benzene rings is 2. The molecule has 0 aliphatic carbocycles. The van der Waals surface area contributed by atoms with E-state index in [4.69, 9.17) is 4.98 Å². The third-order valence-electron chi connectivity index (χ3n) is 6.30. The summed E-state index contributed by atoms with van der Waals surface area (Å²) >= 11 is 0. The Morgan fingerprint density at radius 3 is 2.44 bits per heavy atom. The Bertz CT molecular complexity index is 1350. The number of hydrogen-bond acceptors (Lipinski definition) is 4. The van der Waals surface area contributed by atoms with E-state index in [2.05, 4.69) is 5.10 Å². The first-order valence-corrected chi connectivity index (χ1v) is 11.0. The summed E-state index contributed by atoms with van der Waals surface area (Å²) in [6.07, 6.45) is -0.877. The number of halogens is 4. The molecule has 0 spiro atoms. The van der Waals surface area contributed by atoms with E-state index in [1.165, 1.54) is 18.2 Å². The van der Waals surface area contributed by atoms with Gasteiger partial charge in [0.05, 0.1) is 24.0 Å². The molecule has 0 unspecified atom stereocenters. The van der Waals surface area contributed by atoms with Gasteiger partial charge in [0.15, 0.2) is 17.3 Å². The first-order chi connectivity index (χ1) is 16.4. The van der Waals surface area contributed by atoms with E-state index in [1.807, 2.05) is 4.90 Å². The van der Waals surface area contributed by atoms with Gasteiger partial charge in [0.25, 0.3) is 6.43 Å². The van der Waals surface area contributed by atoms with Crippen LogP contribution in [-0.2, 0) is 0 Å². The lowest BCUT2D eigenvalue weighted by molar-refractivity contribution is 0.151. The van der Waals surface area contributed by atoms with Gasteiger partial charge in [-0.3, -0.25) is 0 Å². The number of alkyl halides is 2. The predicted octanol–water partition coefficient (Wildman–Crippen LogP) is 5.55. The molecule has 0 bridgehead atoms. The summed E-state index contributed by atoms with van der Waals surface area (Å²) in [7, 11) is 0. The van der Waals surface area contributed by atoms with Crippen LogP contribution < -0.4 is 4.90 Å². The van der Waals surface area contributed by atoms with Crippen molar-refractivity contribution in [3.63, 3.8) is 0 Å². The van der Waals surface area contributed by atoms with E-state index < -0.39 is 18.1 Å². The largest absolute Gasteiger partial charge is 0.394 e. The number of hydrogen-bond donors (Lipinski definition) is 1. The number of aromatic nitrogens is 3. The minimum Gasteiger partial charge on any atom is -0.394 e. The third-order valence-corrected chi connectivity index (χ3v) is 6.30. The predicted molar refractivity (Wildman–Crippen MR) is 121 cm³/mol. The number of aliphatic hydroxyl groups is 1. The Morgan fingerprint density at radius 2 is 1.76 bits per heavy atom. The van der Waals surface area contributed by atoms with Crippen LogP contribution in [0.3, 0.4) is 0 Å². The highest BCUT2D eigenvalue weighted by atomic mass is 19.3. The highest BCUT2D eigenvalue weighted by molar-refractivity contribution is 5.83. The molecule has 1 fully saturated rings. The number of fused-ring (bicyclic) bond motifs is 1. The van der Waals surface area contributed by atoms with Crippen molar-refractivity contribution in [3.05, 3.63) is 71.4 Å². The minimum absolute atomic E-state index is 0.0341. The fourth-order valence-electron chi connectivity index (χ4n) is 4.58. The summed E-state index contributed by atoms with van der Waals surface area (Å²) in [6, 6.07) is 11.2. The lowest BCUT2D eigenvalue weighted by Crippen LogP contribution is -2.32. The third kappa shape index (κ3) is 3.79. The van der Waals surface area contributed by atoms with E-state index in [0.29, 0.717) is 46.1 Å². The van der Waals surface area contributed by atoms with Gasteiger partial charge >= 0.3 is 0 Å². The molecule has 1 aliphatic rings. The maximum Gasteiger partial charge on any atom is 0.263 e. The molecule has 0 amide bonds. The molecular weight excluding hydrogens is 448 g/mol. The molecular formula is C25H22F4N4O. The molecule has 1 N–H and O–H groups in total. The van der Waals surface area contributed by atoms with Crippen molar-refractivity contribution < 1.29 is 22.7 Å². The molecule has 0 saturated carbocycles. The molecule has 9 heteroatoms. The van der Waals surface area contributed by atoms with Gasteiger partial charge in [-0.2, -0.15) is 5.10 Å². The molecule has 5 nitrogen and oxygen atoms in total. The Hall–Kier alpha value is -3.46. The summed E-state index contributed by atoms with van der Waals surface area (Å²) in [5.74, 6) is -1.36. The quantitative estimate of drug-likeness (QED) is 0.389. The van der Waals surface area contributed by atoms with Crippen LogP contribution in [0.1, 0.15) is 30.5 Å². The fourth-order valence-corrected chi connectivity index (χ4v) is 4.58. The Labute approximate surface area is 193 Å². The molecule has 1 aliphatic heterocycles. The SMILES string of the molecule is Cc1nn2c(-c3ccc(F)c(F)c3)cc(N3CCC[C@H]3CO)nc2c1-c1ccc(C(F)F)cc1. The van der Waals surface area contributed by atoms with Crippen LogP contribution in [0.4, 0.5) is 23.4 Å². The zero-order valence-corrected chi connectivity index (χ0v) is 18.3. The van der Waals surface area contributed by atoms with Crippen molar-refractivity contribution in [2.45, 2.75) is 32.2 Å². The van der Waals surface area contributed by atoms with Gasteiger partial charge in [-0.25, -0.2) is 27.1 Å². The van der Waals surface area contributed by atoms with E-state index >= 15 is 0 Å². The average Bonchev–Trinajstić information content (AvgIpc) is 3.44. The molecule has 4 aromatic rings. The van der Waals surface area contributed by atoms with E-state index in [0.717, 1.165) is 25.0 Å². The number of rotatable bonds is 5. The van der Waals surface area contributed by atoms with Gasteiger partial charge in [0.1, 0.15) is 5.82 Å². The molecule has 1 saturated heterocycles. The summed E-state index contributed by atoms with van der Waals surface area (Å²) in [5, 5.41) is 14.4. The topological polar surface area (TPSA) is 53.7 Å². The average molecular weight is 470 g/mol. The van der Waals surface area contributed by atoms with E-state index in [-0.39, 0.29) is 18.2 Å². The van der Waals surface area contributed by atoms with Crippen LogP contribution >= 0.6 is 0 Å².